The highest BCUT2D eigenvalue weighted by molar-refractivity contribution is 5.40. The van der Waals surface area contributed by atoms with E-state index in [9.17, 15) is 0 Å². The lowest BCUT2D eigenvalue weighted by molar-refractivity contribution is -0.469. The molecule has 2 aliphatic carbocycles. The molecule has 0 N–H and O–H groups in total. The van der Waals surface area contributed by atoms with E-state index in [1.807, 2.05) is 25.1 Å². The van der Waals surface area contributed by atoms with Gasteiger partial charge >= 0.3 is 6.40 Å². The van der Waals surface area contributed by atoms with Gasteiger partial charge in [0.1, 0.15) is 20.2 Å². The Morgan fingerprint density at radius 1 is 1.25 bits per heavy atom. The fourth-order valence-electron chi connectivity index (χ4n) is 3.53. The highest BCUT2D eigenvalue weighted by atomic mass is 35.5. The summed E-state index contributed by atoms with van der Waals surface area (Å²) in [5.74, 6) is 0.864. The molecule has 0 spiro atoms. The van der Waals surface area contributed by atoms with E-state index >= 15 is 0 Å². The molecule has 0 aromatic heterocycles. The Hall–Kier alpha value is -0.240. The predicted molar refractivity (Wildman–Crippen MR) is 62.3 cm³/mol. The van der Waals surface area contributed by atoms with Gasteiger partial charge in [-0.1, -0.05) is 20.8 Å². The number of ether oxygens (including phenoxy) is 1. The quantitative estimate of drug-likeness (QED) is 0.364. The van der Waals surface area contributed by atoms with Crippen LogP contribution in [0.2, 0.25) is 0 Å². The molecule has 3 atom stereocenters. The van der Waals surface area contributed by atoms with Gasteiger partial charge in [0, 0.05) is 5.41 Å². The second kappa shape index (κ2) is 4.21. The summed E-state index contributed by atoms with van der Waals surface area (Å²) >= 11 is 0. The Bertz CT molecular complexity index is 296. The number of rotatable bonds is 2. The Morgan fingerprint density at radius 2 is 1.88 bits per heavy atom. The molecule has 0 heterocycles. The first-order valence-corrected chi connectivity index (χ1v) is 6.03. The van der Waals surface area contributed by atoms with Crippen LogP contribution in [0.3, 0.4) is 0 Å². The van der Waals surface area contributed by atoms with Crippen molar-refractivity contribution in [3.05, 3.63) is 0 Å². The van der Waals surface area contributed by atoms with Gasteiger partial charge in [0.05, 0.1) is 0 Å². The average molecular weight is 246 g/mol. The maximum Gasteiger partial charge on any atom is 0.323 e. The molecule has 2 nitrogen and oxygen atoms in total. The lowest BCUT2D eigenvalue weighted by Gasteiger charge is -2.37. The predicted octanol–water partition coefficient (Wildman–Crippen LogP) is -0.478. The molecule has 0 radical (unpaired) electrons. The van der Waals surface area contributed by atoms with Crippen LogP contribution in [0, 0.1) is 16.7 Å². The van der Waals surface area contributed by atoms with E-state index in [1.165, 1.54) is 19.3 Å². The lowest BCUT2D eigenvalue weighted by atomic mass is 9.70. The second-order valence-electron chi connectivity index (χ2n) is 6.30. The summed E-state index contributed by atoms with van der Waals surface area (Å²) in [4.78, 5) is 0. The third kappa shape index (κ3) is 1.75. The third-order valence-corrected chi connectivity index (χ3v) is 5.15. The molecule has 0 aromatic carbocycles. The van der Waals surface area contributed by atoms with E-state index in [0.717, 1.165) is 5.92 Å². The molecule has 3 heteroatoms. The van der Waals surface area contributed by atoms with Gasteiger partial charge in [-0.3, -0.25) is 0 Å². The molecule has 94 valence electrons. The summed E-state index contributed by atoms with van der Waals surface area (Å²) in [5.41, 5.74) is 0.835. The first kappa shape index (κ1) is 13.8. The minimum Gasteiger partial charge on any atom is -1.00 e. The standard InChI is InChI=1S/C13H24NO.ClH/c1-12(2)10-6-7-13(12,3)11(8-10)15-9-14(4)5;/h9-11H,6-8H2,1-5H3;1H/q+1;/p-1/t10-,11?,13+;/m0./s1. The van der Waals surface area contributed by atoms with E-state index in [0.29, 0.717) is 16.9 Å². The summed E-state index contributed by atoms with van der Waals surface area (Å²) in [7, 11) is 4.03. The summed E-state index contributed by atoms with van der Waals surface area (Å²) in [5, 5.41) is 0. The topological polar surface area (TPSA) is 12.2 Å². The summed E-state index contributed by atoms with van der Waals surface area (Å²) < 4.78 is 7.93. The number of fused-ring (bicyclic) bond motifs is 2. The van der Waals surface area contributed by atoms with Gasteiger partial charge in [0.25, 0.3) is 0 Å². The van der Waals surface area contributed by atoms with Crippen molar-refractivity contribution in [1.29, 1.82) is 0 Å². The minimum absolute atomic E-state index is 0. The molecule has 0 aromatic rings. The third-order valence-electron chi connectivity index (χ3n) is 5.15. The lowest BCUT2D eigenvalue weighted by Crippen LogP contribution is -3.00. The molecule has 2 aliphatic rings. The number of hydrogen-bond donors (Lipinski definition) is 0. The SMILES string of the molecule is C[N+](C)=COC1C[C@@H]2CC[C@@]1(C)C2(C)C.[Cl-]. The van der Waals surface area contributed by atoms with E-state index in [-0.39, 0.29) is 12.4 Å². The van der Waals surface area contributed by atoms with Crippen LogP contribution in [0.1, 0.15) is 40.0 Å². The normalized spacial score (nSPS) is 39.1. The molecule has 0 amide bonds. The molecule has 0 saturated heterocycles. The minimum atomic E-state index is 0. The Labute approximate surface area is 105 Å². The van der Waals surface area contributed by atoms with Gasteiger partial charge < -0.3 is 17.1 Å². The van der Waals surface area contributed by atoms with Crippen LogP contribution in [0.25, 0.3) is 0 Å². The van der Waals surface area contributed by atoms with Crippen molar-refractivity contribution < 1.29 is 21.7 Å². The van der Waals surface area contributed by atoms with Crippen molar-refractivity contribution >= 4 is 6.40 Å². The van der Waals surface area contributed by atoms with E-state index < -0.39 is 0 Å². The molecule has 2 bridgehead atoms. The van der Waals surface area contributed by atoms with Crippen LogP contribution in [0.4, 0.5) is 0 Å². The summed E-state index contributed by atoms with van der Waals surface area (Å²) in [6.45, 7) is 7.25. The van der Waals surface area contributed by atoms with Crippen LogP contribution in [-0.2, 0) is 4.74 Å². The average Bonchev–Trinajstić information content (AvgIpc) is 2.46. The van der Waals surface area contributed by atoms with Crippen LogP contribution in [0.15, 0.2) is 0 Å². The maximum atomic E-state index is 5.94. The zero-order valence-electron chi connectivity index (χ0n) is 11.1. The number of hydrogen-bond acceptors (Lipinski definition) is 1. The smallest absolute Gasteiger partial charge is 0.323 e. The van der Waals surface area contributed by atoms with E-state index in [2.05, 4.69) is 20.8 Å². The Balaban J connectivity index is 0.00000128. The van der Waals surface area contributed by atoms with E-state index in [1.54, 1.807) is 0 Å². The van der Waals surface area contributed by atoms with Crippen molar-refractivity contribution in [2.24, 2.45) is 16.7 Å². The van der Waals surface area contributed by atoms with Gasteiger partial charge in [-0.05, 0) is 30.6 Å². The Kier molecular flexibility index (Phi) is 3.64. The largest absolute Gasteiger partial charge is 1.00 e. The van der Waals surface area contributed by atoms with Crippen molar-refractivity contribution in [1.82, 2.24) is 0 Å². The van der Waals surface area contributed by atoms with E-state index in [4.69, 9.17) is 4.74 Å². The Morgan fingerprint density at radius 3 is 2.25 bits per heavy atom. The van der Waals surface area contributed by atoms with Gasteiger partial charge in [-0.2, -0.15) is 0 Å². The van der Waals surface area contributed by atoms with Gasteiger partial charge in [-0.25, -0.2) is 4.58 Å². The second-order valence-corrected chi connectivity index (χ2v) is 6.30. The monoisotopic (exact) mass is 245 g/mol. The first-order chi connectivity index (χ1) is 6.88. The molecular formula is C13H24ClNO. The van der Waals surface area contributed by atoms with Gasteiger partial charge in [-0.15, -0.1) is 0 Å². The van der Waals surface area contributed by atoms with Crippen LogP contribution in [-0.4, -0.2) is 31.2 Å². The molecule has 0 aliphatic heterocycles. The van der Waals surface area contributed by atoms with Crippen molar-refractivity contribution in [2.45, 2.75) is 46.1 Å². The maximum absolute atomic E-state index is 5.94. The zero-order valence-corrected chi connectivity index (χ0v) is 11.8. The highest BCUT2D eigenvalue weighted by Gasteiger charge is 2.62. The molecule has 2 fully saturated rings. The number of halogens is 1. The molecule has 16 heavy (non-hydrogen) atoms. The summed E-state index contributed by atoms with van der Waals surface area (Å²) in [6, 6.07) is 0. The first-order valence-electron chi connectivity index (χ1n) is 6.03. The van der Waals surface area contributed by atoms with Crippen LogP contribution >= 0.6 is 0 Å². The fraction of sp³-hybridized carbons (Fsp3) is 0.923. The van der Waals surface area contributed by atoms with Gasteiger partial charge in [0.15, 0.2) is 0 Å². The molecule has 2 rings (SSSR count). The fourth-order valence-corrected chi connectivity index (χ4v) is 3.53. The van der Waals surface area contributed by atoms with Crippen LogP contribution < -0.4 is 12.4 Å². The van der Waals surface area contributed by atoms with Gasteiger partial charge in [0.2, 0.25) is 0 Å². The molecular weight excluding hydrogens is 222 g/mol. The van der Waals surface area contributed by atoms with Crippen LogP contribution in [0.5, 0.6) is 0 Å². The molecule has 2 saturated carbocycles. The number of nitrogens with zero attached hydrogens (tertiary/aromatic N) is 1. The van der Waals surface area contributed by atoms with Crippen molar-refractivity contribution in [3.63, 3.8) is 0 Å². The van der Waals surface area contributed by atoms with Crippen molar-refractivity contribution in [2.75, 3.05) is 14.1 Å². The molecule has 1 unspecified atom stereocenters. The summed E-state index contributed by atoms with van der Waals surface area (Å²) in [6.07, 6.45) is 6.26. The zero-order chi connectivity index (χ0) is 11.3. The van der Waals surface area contributed by atoms with Crippen molar-refractivity contribution in [3.8, 4) is 0 Å². The highest BCUT2D eigenvalue weighted by Crippen LogP contribution is 2.66.